The predicted octanol–water partition coefficient (Wildman–Crippen LogP) is 3.67. The minimum Gasteiger partial charge on any atom is -0.431 e. The number of oxazole rings is 1. The van der Waals surface area contributed by atoms with Crippen LogP contribution in [0.3, 0.4) is 0 Å². The van der Waals surface area contributed by atoms with E-state index in [-0.39, 0.29) is 16.4 Å². The van der Waals surface area contributed by atoms with E-state index in [4.69, 9.17) is 4.42 Å². The normalized spacial score (nSPS) is 12.0. The molecule has 27 heavy (non-hydrogen) atoms. The van der Waals surface area contributed by atoms with Gasteiger partial charge in [-0.2, -0.15) is 0 Å². The Labute approximate surface area is 162 Å². The molecule has 3 aromatic rings. The first-order valence-electron chi connectivity index (χ1n) is 8.25. The summed E-state index contributed by atoms with van der Waals surface area (Å²) in [5, 5.41) is 0.336. The smallest absolute Gasteiger partial charge is 0.257 e. The standard InChI is InChI=1S/C19H20N2O4S2/c1-12-5-7-15(13(2)9-12)17(22)11-26-19-20-16-10-14(6-8-18(16)25-19)27(23,24)21(3)4/h5-10H,11H2,1-4H3. The van der Waals surface area contributed by atoms with Crippen LogP contribution in [0, 0.1) is 13.8 Å². The van der Waals surface area contributed by atoms with Crippen LogP contribution in [0.1, 0.15) is 21.5 Å². The van der Waals surface area contributed by atoms with Crippen molar-refractivity contribution in [3.8, 4) is 0 Å². The molecule has 0 radical (unpaired) electrons. The van der Waals surface area contributed by atoms with Gasteiger partial charge in [0, 0.05) is 19.7 Å². The molecule has 0 aliphatic carbocycles. The van der Waals surface area contributed by atoms with Crippen molar-refractivity contribution in [2.45, 2.75) is 24.0 Å². The van der Waals surface area contributed by atoms with E-state index in [1.165, 1.54) is 38.0 Å². The van der Waals surface area contributed by atoms with Gasteiger partial charge >= 0.3 is 0 Å². The number of hydrogen-bond donors (Lipinski definition) is 0. The Kier molecular flexibility index (Phi) is 5.41. The minimum atomic E-state index is -3.54. The van der Waals surface area contributed by atoms with Crippen molar-refractivity contribution in [3.63, 3.8) is 0 Å². The number of hydrogen-bond acceptors (Lipinski definition) is 6. The molecule has 8 heteroatoms. The van der Waals surface area contributed by atoms with Gasteiger partial charge in [-0.25, -0.2) is 17.7 Å². The zero-order valence-corrected chi connectivity index (χ0v) is 17.1. The van der Waals surface area contributed by atoms with E-state index in [9.17, 15) is 13.2 Å². The van der Waals surface area contributed by atoms with Gasteiger partial charge in [0.25, 0.3) is 5.22 Å². The number of thioether (sulfide) groups is 1. The van der Waals surface area contributed by atoms with Crippen LogP contribution in [0.15, 0.2) is 50.9 Å². The van der Waals surface area contributed by atoms with E-state index in [1.54, 1.807) is 6.07 Å². The van der Waals surface area contributed by atoms with Crippen molar-refractivity contribution in [1.29, 1.82) is 0 Å². The molecule has 0 aliphatic rings. The maximum Gasteiger partial charge on any atom is 0.257 e. The average Bonchev–Trinajstić information content (AvgIpc) is 3.01. The Morgan fingerprint density at radius 3 is 2.56 bits per heavy atom. The summed E-state index contributed by atoms with van der Waals surface area (Å²) in [6, 6.07) is 10.3. The van der Waals surface area contributed by atoms with Crippen LogP contribution in [0.2, 0.25) is 0 Å². The third-order valence-electron chi connectivity index (χ3n) is 4.13. The van der Waals surface area contributed by atoms with E-state index in [1.807, 2.05) is 32.0 Å². The monoisotopic (exact) mass is 404 g/mol. The van der Waals surface area contributed by atoms with Crippen molar-refractivity contribution >= 4 is 38.7 Å². The molecular weight excluding hydrogens is 384 g/mol. The summed E-state index contributed by atoms with van der Waals surface area (Å²) < 4.78 is 31.2. The highest BCUT2D eigenvalue weighted by molar-refractivity contribution is 7.99. The largest absolute Gasteiger partial charge is 0.431 e. The maximum absolute atomic E-state index is 12.5. The molecular formula is C19H20N2O4S2. The van der Waals surface area contributed by atoms with Gasteiger partial charge in [-0.05, 0) is 37.6 Å². The Morgan fingerprint density at radius 1 is 1.15 bits per heavy atom. The lowest BCUT2D eigenvalue weighted by Gasteiger charge is -2.10. The molecule has 0 aliphatic heterocycles. The van der Waals surface area contributed by atoms with E-state index in [2.05, 4.69) is 4.98 Å². The van der Waals surface area contributed by atoms with Gasteiger partial charge in [-0.1, -0.05) is 35.5 Å². The second kappa shape index (κ2) is 7.46. The first-order valence-corrected chi connectivity index (χ1v) is 10.7. The number of sulfonamides is 1. The van der Waals surface area contributed by atoms with E-state index in [0.29, 0.717) is 21.9 Å². The summed E-state index contributed by atoms with van der Waals surface area (Å²) in [6.45, 7) is 3.90. The molecule has 0 saturated carbocycles. The second-order valence-corrected chi connectivity index (χ2v) is 9.51. The highest BCUT2D eigenvalue weighted by Crippen LogP contribution is 2.27. The van der Waals surface area contributed by atoms with Gasteiger partial charge in [0.1, 0.15) is 5.52 Å². The number of rotatable bonds is 6. The van der Waals surface area contributed by atoms with Crippen LogP contribution in [-0.4, -0.2) is 43.3 Å². The second-order valence-electron chi connectivity index (χ2n) is 6.43. The average molecular weight is 405 g/mol. The molecule has 1 heterocycles. The number of aromatic nitrogens is 1. The number of ketones is 1. The van der Waals surface area contributed by atoms with Crippen LogP contribution in [0.25, 0.3) is 11.1 Å². The van der Waals surface area contributed by atoms with Gasteiger partial charge in [0.2, 0.25) is 10.0 Å². The van der Waals surface area contributed by atoms with Crippen molar-refractivity contribution in [2.24, 2.45) is 0 Å². The predicted molar refractivity (Wildman–Crippen MR) is 106 cm³/mol. The molecule has 142 valence electrons. The summed E-state index contributed by atoms with van der Waals surface area (Å²) in [7, 11) is -0.589. The molecule has 0 unspecified atom stereocenters. The number of fused-ring (bicyclic) bond motifs is 1. The quantitative estimate of drug-likeness (QED) is 0.461. The summed E-state index contributed by atoms with van der Waals surface area (Å²) in [5.41, 5.74) is 3.66. The molecule has 0 spiro atoms. The first kappa shape index (κ1) is 19.6. The van der Waals surface area contributed by atoms with Crippen LogP contribution in [0.5, 0.6) is 0 Å². The van der Waals surface area contributed by atoms with Gasteiger partial charge < -0.3 is 4.42 Å². The number of Topliss-reactive ketones (excluding diaryl/α,β-unsaturated/α-hetero) is 1. The van der Waals surface area contributed by atoms with E-state index < -0.39 is 10.0 Å². The third kappa shape index (κ3) is 4.07. The van der Waals surface area contributed by atoms with Gasteiger partial charge in [-0.15, -0.1) is 0 Å². The molecule has 6 nitrogen and oxygen atoms in total. The summed E-state index contributed by atoms with van der Waals surface area (Å²) in [6.07, 6.45) is 0. The van der Waals surface area contributed by atoms with Crippen molar-refractivity contribution in [1.82, 2.24) is 9.29 Å². The van der Waals surface area contributed by atoms with Gasteiger partial charge in [0.15, 0.2) is 11.4 Å². The molecule has 3 rings (SSSR count). The van der Waals surface area contributed by atoms with Crippen LogP contribution in [-0.2, 0) is 10.0 Å². The molecule has 0 atom stereocenters. The Hall–Kier alpha value is -2.16. The minimum absolute atomic E-state index is 0.00405. The fourth-order valence-electron chi connectivity index (χ4n) is 2.65. The van der Waals surface area contributed by atoms with E-state index in [0.717, 1.165) is 15.4 Å². The maximum atomic E-state index is 12.5. The molecule has 1 aromatic heterocycles. The molecule has 0 amide bonds. The lowest BCUT2D eigenvalue weighted by Crippen LogP contribution is -2.22. The summed E-state index contributed by atoms with van der Waals surface area (Å²) in [5.74, 6) is 0.190. The highest BCUT2D eigenvalue weighted by Gasteiger charge is 2.19. The number of carbonyl (C=O) groups excluding carboxylic acids is 1. The number of nitrogens with zero attached hydrogens (tertiary/aromatic N) is 2. The van der Waals surface area contributed by atoms with Crippen molar-refractivity contribution in [2.75, 3.05) is 19.8 Å². The van der Waals surface area contributed by atoms with Crippen molar-refractivity contribution < 1.29 is 17.6 Å². The van der Waals surface area contributed by atoms with Gasteiger partial charge in [0.05, 0.1) is 10.6 Å². The number of aryl methyl sites for hydroxylation is 2. The highest BCUT2D eigenvalue weighted by atomic mass is 32.2. The van der Waals surface area contributed by atoms with Crippen LogP contribution < -0.4 is 0 Å². The van der Waals surface area contributed by atoms with Crippen LogP contribution >= 0.6 is 11.8 Å². The molecule has 0 N–H and O–H groups in total. The molecule has 0 bridgehead atoms. The Bertz CT molecular complexity index is 1120. The molecule has 0 saturated heterocycles. The summed E-state index contributed by atoms with van der Waals surface area (Å²) in [4.78, 5) is 16.9. The zero-order valence-electron chi connectivity index (χ0n) is 15.5. The summed E-state index contributed by atoms with van der Waals surface area (Å²) >= 11 is 1.19. The number of carbonyl (C=O) groups is 1. The lowest BCUT2D eigenvalue weighted by molar-refractivity contribution is 0.102. The lowest BCUT2D eigenvalue weighted by atomic mass is 10.0. The Morgan fingerprint density at radius 2 is 1.89 bits per heavy atom. The fraction of sp³-hybridized carbons (Fsp3) is 0.263. The third-order valence-corrected chi connectivity index (χ3v) is 6.77. The fourth-order valence-corrected chi connectivity index (χ4v) is 4.29. The SMILES string of the molecule is Cc1ccc(C(=O)CSc2nc3cc(S(=O)(=O)N(C)C)ccc3o2)c(C)c1. The van der Waals surface area contributed by atoms with Gasteiger partial charge in [-0.3, -0.25) is 4.79 Å². The topological polar surface area (TPSA) is 80.5 Å². The van der Waals surface area contributed by atoms with E-state index >= 15 is 0 Å². The number of benzene rings is 2. The van der Waals surface area contributed by atoms with Crippen LogP contribution in [0.4, 0.5) is 0 Å². The zero-order chi connectivity index (χ0) is 19.8. The molecule has 0 fully saturated rings. The molecule has 2 aromatic carbocycles. The van der Waals surface area contributed by atoms with Crippen molar-refractivity contribution in [3.05, 3.63) is 53.1 Å². The Balaban J connectivity index is 1.79. The first-order chi connectivity index (χ1) is 12.7.